The molecule has 14 heteroatoms. The monoisotopic (exact) mass is 576 g/mol. The van der Waals surface area contributed by atoms with Crippen molar-refractivity contribution >= 4 is 49.7 Å². The molecule has 2 aromatic rings. The maximum absolute atomic E-state index is 9.75. The molecular weight excluding hydrogens is 556 g/mol. The van der Waals surface area contributed by atoms with Crippen LogP contribution in [0.4, 0.5) is 34.5 Å². The second-order valence-electron chi connectivity index (χ2n) is 4.97. The summed E-state index contributed by atoms with van der Waals surface area (Å²) in [7, 11) is -12.0. The number of hydrogen-bond acceptors (Lipinski definition) is 2. The fraction of sp³-hybridized carbons (Fsp3) is 0.250. The van der Waals surface area contributed by atoms with E-state index in [9.17, 15) is 34.5 Å². The van der Waals surface area contributed by atoms with Gasteiger partial charge in [0.2, 0.25) is 0 Å². The van der Waals surface area contributed by atoms with Gasteiger partial charge in [-0.05, 0) is 0 Å². The van der Waals surface area contributed by atoms with E-state index in [1.807, 2.05) is 26.0 Å². The van der Waals surface area contributed by atoms with Gasteiger partial charge in [0, 0.05) is 0 Å². The maximum atomic E-state index is 9.75. The summed E-state index contributed by atoms with van der Waals surface area (Å²) in [6, 6.07) is 16.9. The number of hydrogen-bond donors (Lipinski definition) is 0. The third-order valence-corrected chi connectivity index (χ3v) is 9.62. The zero-order valence-electron chi connectivity index (χ0n) is 15.8. The standard InChI is InChI=1S/C16H18O2Se2.2BF4/c1-3-17-13-7-5-9-15(11-13)19-20-16-10-6-8-14(12-16)18-4-2;2*2-1(3,4)5/h5-12H,3-4H2,1-2H3;;/q;2*-1. The van der Waals surface area contributed by atoms with Gasteiger partial charge in [0.1, 0.15) is 0 Å². The smallest absolute Gasteiger partial charge is 0.418 e. The van der Waals surface area contributed by atoms with Crippen molar-refractivity contribution in [2.24, 2.45) is 0 Å². The van der Waals surface area contributed by atoms with E-state index in [-0.39, 0.29) is 0 Å². The van der Waals surface area contributed by atoms with Gasteiger partial charge in [0.05, 0.1) is 0 Å². The Morgan fingerprint density at radius 1 is 0.633 bits per heavy atom. The summed E-state index contributed by atoms with van der Waals surface area (Å²) in [4.78, 5) is 0. The number of benzene rings is 2. The first-order chi connectivity index (χ1) is 13.8. The van der Waals surface area contributed by atoms with Crippen LogP contribution in [0, 0.1) is 0 Å². The SMILES string of the molecule is CCOc1cccc([Se][Se]c2cccc(OCC)c2)c1.F[B-](F)(F)F.F[B-](F)(F)F. The topological polar surface area (TPSA) is 18.5 Å². The largest absolute Gasteiger partial charge is 0.673 e. The third-order valence-electron chi connectivity index (χ3n) is 2.47. The predicted molar refractivity (Wildman–Crippen MR) is 106 cm³/mol. The Kier molecular flexibility index (Phi) is 14.0. The summed E-state index contributed by atoms with van der Waals surface area (Å²) < 4.78 is 91.9. The van der Waals surface area contributed by atoms with Crippen molar-refractivity contribution in [3.8, 4) is 11.5 Å². The van der Waals surface area contributed by atoms with E-state index in [4.69, 9.17) is 9.47 Å². The molecule has 30 heavy (non-hydrogen) atoms. The van der Waals surface area contributed by atoms with E-state index >= 15 is 0 Å². The van der Waals surface area contributed by atoms with Crippen LogP contribution in [0.15, 0.2) is 48.5 Å². The fourth-order valence-electron chi connectivity index (χ4n) is 1.66. The first-order valence-electron chi connectivity index (χ1n) is 8.36. The predicted octanol–water partition coefficient (Wildman–Crippen LogP) is 4.36. The summed E-state index contributed by atoms with van der Waals surface area (Å²) in [6.07, 6.45) is 0. The summed E-state index contributed by atoms with van der Waals surface area (Å²) in [5.41, 5.74) is 0. The van der Waals surface area contributed by atoms with Gasteiger partial charge in [0.15, 0.2) is 0 Å². The van der Waals surface area contributed by atoms with Crippen molar-refractivity contribution in [2.45, 2.75) is 13.8 Å². The van der Waals surface area contributed by atoms with E-state index in [2.05, 4.69) is 36.4 Å². The normalized spacial score (nSPS) is 10.9. The van der Waals surface area contributed by atoms with Gasteiger partial charge in [-0.2, -0.15) is 0 Å². The van der Waals surface area contributed by atoms with Crippen LogP contribution in [0.5, 0.6) is 11.5 Å². The average Bonchev–Trinajstić information content (AvgIpc) is 2.59. The molecule has 2 aromatic carbocycles. The summed E-state index contributed by atoms with van der Waals surface area (Å²) in [5, 5.41) is 0. The molecule has 0 fully saturated rings. The molecule has 170 valence electrons. The van der Waals surface area contributed by atoms with Crippen LogP contribution in [-0.4, -0.2) is 54.0 Å². The number of rotatable bonds is 7. The Hall–Kier alpha value is -1.35. The minimum Gasteiger partial charge on any atom is -0.418 e. The molecule has 0 unspecified atom stereocenters. The quantitative estimate of drug-likeness (QED) is 0.362. The molecular formula is C16H18B2F8O2Se2-2. The molecule has 2 rings (SSSR count). The van der Waals surface area contributed by atoms with Crippen LogP contribution in [0.25, 0.3) is 0 Å². The Balaban J connectivity index is 0.000000702. The number of halogens is 8. The van der Waals surface area contributed by atoms with Crippen molar-refractivity contribution in [3.63, 3.8) is 0 Å². The van der Waals surface area contributed by atoms with E-state index < -0.39 is 14.5 Å². The maximum Gasteiger partial charge on any atom is 0.673 e. The van der Waals surface area contributed by atoms with Gasteiger partial charge < -0.3 is 34.5 Å². The van der Waals surface area contributed by atoms with Gasteiger partial charge in [-0.15, -0.1) is 0 Å². The van der Waals surface area contributed by atoms with E-state index in [0.29, 0.717) is 26.3 Å². The molecule has 0 radical (unpaired) electrons. The second-order valence-corrected chi connectivity index (χ2v) is 11.3. The Labute approximate surface area is 180 Å². The van der Waals surface area contributed by atoms with Crippen LogP contribution in [0.2, 0.25) is 0 Å². The van der Waals surface area contributed by atoms with Gasteiger partial charge in [0.25, 0.3) is 0 Å². The third kappa shape index (κ3) is 19.9. The van der Waals surface area contributed by atoms with Crippen molar-refractivity contribution in [3.05, 3.63) is 48.5 Å². The fourth-order valence-corrected chi connectivity index (χ4v) is 7.68. The molecule has 0 saturated heterocycles. The van der Waals surface area contributed by atoms with Crippen LogP contribution in [0.1, 0.15) is 13.8 Å². The molecule has 0 spiro atoms. The Bertz CT molecular complexity index is 659. The van der Waals surface area contributed by atoms with Crippen LogP contribution in [-0.2, 0) is 0 Å². The average molecular weight is 574 g/mol. The first kappa shape index (κ1) is 28.6. The molecule has 0 aromatic heterocycles. The minimum absolute atomic E-state index is 0.477. The van der Waals surface area contributed by atoms with E-state index in [1.165, 1.54) is 8.92 Å². The summed E-state index contributed by atoms with van der Waals surface area (Å²) in [5.74, 6) is 1.96. The van der Waals surface area contributed by atoms with Gasteiger partial charge in [-0.3, -0.25) is 0 Å². The Morgan fingerprint density at radius 2 is 0.933 bits per heavy atom. The molecule has 0 aliphatic rings. The van der Waals surface area contributed by atoms with E-state index in [1.54, 1.807) is 0 Å². The molecule has 0 saturated carbocycles. The molecule has 0 heterocycles. The van der Waals surface area contributed by atoms with Crippen LogP contribution >= 0.6 is 0 Å². The van der Waals surface area contributed by atoms with Crippen molar-refractivity contribution in [1.82, 2.24) is 0 Å². The van der Waals surface area contributed by atoms with E-state index in [0.717, 1.165) is 24.7 Å². The number of ether oxygens (including phenoxy) is 2. The second kappa shape index (κ2) is 14.6. The zero-order valence-corrected chi connectivity index (χ0v) is 19.3. The molecule has 0 N–H and O–H groups in total. The zero-order chi connectivity index (χ0) is 23.2. The summed E-state index contributed by atoms with van der Waals surface area (Å²) >= 11 is 0.954. The van der Waals surface area contributed by atoms with Gasteiger partial charge in [-0.25, -0.2) is 0 Å². The van der Waals surface area contributed by atoms with Crippen LogP contribution < -0.4 is 18.4 Å². The first-order valence-corrected chi connectivity index (χ1v) is 14.4. The molecule has 0 atom stereocenters. The van der Waals surface area contributed by atoms with Gasteiger partial charge >= 0.3 is 146 Å². The van der Waals surface area contributed by atoms with Crippen LogP contribution in [0.3, 0.4) is 0 Å². The molecule has 0 aliphatic heterocycles. The summed E-state index contributed by atoms with van der Waals surface area (Å²) in [6.45, 7) is 5.47. The minimum atomic E-state index is -6.00. The van der Waals surface area contributed by atoms with Crippen molar-refractivity contribution in [2.75, 3.05) is 13.2 Å². The molecule has 0 aliphatic carbocycles. The van der Waals surface area contributed by atoms with Gasteiger partial charge in [-0.1, -0.05) is 0 Å². The van der Waals surface area contributed by atoms with Crippen molar-refractivity contribution in [1.29, 1.82) is 0 Å². The Morgan fingerprint density at radius 3 is 1.20 bits per heavy atom. The van der Waals surface area contributed by atoms with Crippen molar-refractivity contribution < 1.29 is 44.0 Å². The molecule has 0 amide bonds. The molecule has 2 nitrogen and oxygen atoms in total. The molecule has 0 bridgehead atoms.